The average Bonchev–Trinajstić information content (AvgIpc) is 3.17. The molecular weight excluding hydrogens is 280 g/mol. The van der Waals surface area contributed by atoms with Crippen LogP contribution in [-0.2, 0) is 19.4 Å². The van der Waals surface area contributed by atoms with Crippen LogP contribution in [0.1, 0.15) is 33.6 Å². The van der Waals surface area contributed by atoms with Gasteiger partial charge in [-0.15, -0.1) is 0 Å². The molecule has 6 nitrogen and oxygen atoms in total. The van der Waals surface area contributed by atoms with E-state index in [1.807, 2.05) is 0 Å². The molecule has 1 saturated heterocycles. The molecule has 0 aromatic carbocycles. The van der Waals surface area contributed by atoms with Gasteiger partial charge in [-0.3, -0.25) is 9.59 Å². The zero-order chi connectivity index (χ0) is 15.1. The normalized spacial score (nSPS) is 26.6. The van der Waals surface area contributed by atoms with Gasteiger partial charge in [0, 0.05) is 12.3 Å². The minimum atomic E-state index is -3.16. The first-order valence-electron chi connectivity index (χ1n) is 7.02. The second-order valence-electron chi connectivity index (χ2n) is 6.07. The van der Waals surface area contributed by atoms with Crippen LogP contribution in [0.15, 0.2) is 0 Å². The molecule has 1 aliphatic heterocycles. The van der Waals surface area contributed by atoms with Crippen molar-refractivity contribution in [1.29, 1.82) is 0 Å². The highest BCUT2D eigenvalue weighted by Gasteiger charge is 2.50. The van der Waals surface area contributed by atoms with Crippen LogP contribution in [0.25, 0.3) is 0 Å². The number of rotatable bonds is 5. The predicted octanol–water partition coefficient (Wildman–Crippen LogP) is -0.0633. The van der Waals surface area contributed by atoms with E-state index in [0.717, 1.165) is 12.8 Å². The summed E-state index contributed by atoms with van der Waals surface area (Å²) in [6.07, 6.45) is 1.89. The standard InChI is InChI=1S/C13H22N2O4S/c1-4-20(18,19)8-7-15-11(16)10(9-5-6-9)14-12(17)13(15,2)3/h9-10H,4-8H2,1-3H3,(H,14,17). The van der Waals surface area contributed by atoms with Gasteiger partial charge in [0.1, 0.15) is 11.6 Å². The molecule has 1 saturated carbocycles. The number of hydrogen-bond donors (Lipinski definition) is 1. The molecule has 2 aliphatic rings. The summed E-state index contributed by atoms with van der Waals surface area (Å²) in [5.41, 5.74) is -0.994. The Morgan fingerprint density at radius 3 is 2.40 bits per heavy atom. The van der Waals surface area contributed by atoms with Crippen molar-refractivity contribution in [1.82, 2.24) is 10.2 Å². The van der Waals surface area contributed by atoms with Gasteiger partial charge >= 0.3 is 0 Å². The zero-order valence-electron chi connectivity index (χ0n) is 12.2. The minimum absolute atomic E-state index is 0.0493. The number of amides is 2. The molecule has 20 heavy (non-hydrogen) atoms. The Kier molecular flexibility index (Phi) is 3.83. The maximum Gasteiger partial charge on any atom is 0.246 e. The predicted molar refractivity (Wildman–Crippen MR) is 74.8 cm³/mol. The van der Waals surface area contributed by atoms with Gasteiger partial charge in [-0.1, -0.05) is 6.92 Å². The molecule has 1 heterocycles. The first-order chi connectivity index (χ1) is 9.19. The lowest BCUT2D eigenvalue weighted by molar-refractivity contribution is -0.155. The van der Waals surface area contributed by atoms with Crippen LogP contribution < -0.4 is 5.32 Å². The third-order valence-corrected chi connectivity index (χ3v) is 5.89. The lowest BCUT2D eigenvalue weighted by atomic mass is 9.94. The summed E-state index contributed by atoms with van der Waals surface area (Å²) < 4.78 is 23.3. The summed E-state index contributed by atoms with van der Waals surface area (Å²) in [5, 5.41) is 2.78. The van der Waals surface area contributed by atoms with Gasteiger partial charge in [0.2, 0.25) is 11.8 Å². The van der Waals surface area contributed by atoms with Gasteiger partial charge in [0.05, 0.1) is 5.75 Å². The smallest absolute Gasteiger partial charge is 0.246 e. The summed E-state index contributed by atoms with van der Waals surface area (Å²) >= 11 is 0. The molecule has 114 valence electrons. The number of carbonyl (C=O) groups excluding carboxylic acids is 2. The summed E-state index contributed by atoms with van der Waals surface area (Å²) in [7, 11) is -3.16. The van der Waals surface area contributed by atoms with E-state index in [1.165, 1.54) is 4.90 Å². The van der Waals surface area contributed by atoms with Gasteiger partial charge in [-0.2, -0.15) is 0 Å². The molecule has 0 spiro atoms. The Morgan fingerprint density at radius 1 is 1.30 bits per heavy atom. The molecule has 1 atom stereocenters. The highest BCUT2D eigenvalue weighted by Crippen LogP contribution is 2.36. The number of sulfone groups is 1. The van der Waals surface area contributed by atoms with E-state index in [-0.39, 0.29) is 35.8 Å². The molecule has 0 aromatic heterocycles. The van der Waals surface area contributed by atoms with Crippen molar-refractivity contribution < 1.29 is 18.0 Å². The van der Waals surface area contributed by atoms with Crippen LogP contribution in [-0.4, -0.2) is 54.8 Å². The van der Waals surface area contributed by atoms with Crippen molar-refractivity contribution in [2.24, 2.45) is 5.92 Å². The van der Waals surface area contributed by atoms with E-state index < -0.39 is 21.4 Å². The average molecular weight is 302 g/mol. The number of nitrogens with one attached hydrogen (secondary N) is 1. The van der Waals surface area contributed by atoms with E-state index in [0.29, 0.717) is 0 Å². The van der Waals surface area contributed by atoms with E-state index >= 15 is 0 Å². The quantitative estimate of drug-likeness (QED) is 0.771. The molecule has 0 radical (unpaired) electrons. The molecule has 2 fully saturated rings. The van der Waals surface area contributed by atoms with Crippen LogP contribution in [0.5, 0.6) is 0 Å². The fraction of sp³-hybridized carbons (Fsp3) is 0.846. The van der Waals surface area contributed by atoms with Crippen molar-refractivity contribution >= 4 is 21.7 Å². The highest BCUT2D eigenvalue weighted by molar-refractivity contribution is 7.91. The summed E-state index contributed by atoms with van der Waals surface area (Å²) in [4.78, 5) is 26.1. The monoisotopic (exact) mass is 302 g/mol. The SMILES string of the molecule is CCS(=O)(=O)CCN1C(=O)C(C2CC2)NC(=O)C1(C)C. The maximum absolute atomic E-state index is 12.5. The molecule has 1 N–H and O–H groups in total. The molecule has 7 heteroatoms. The Morgan fingerprint density at radius 2 is 1.90 bits per heavy atom. The molecular formula is C13H22N2O4S. The Bertz CT molecular complexity index is 522. The van der Waals surface area contributed by atoms with Crippen molar-refractivity contribution in [3.63, 3.8) is 0 Å². The maximum atomic E-state index is 12.5. The first kappa shape index (κ1) is 15.3. The Hall–Kier alpha value is -1.11. The molecule has 0 aromatic rings. The number of nitrogens with zero attached hydrogens (tertiary/aromatic N) is 1. The molecule has 0 bridgehead atoms. The Labute approximate surface area is 119 Å². The van der Waals surface area contributed by atoms with Crippen LogP contribution >= 0.6 is 0 Å². The van der Waals surface area contributed by atoms with E-state index in [4.69, 9.17) is 0 Å². The lowest BCUT2D eigenvalue weighted by Crippen LogP contribution is -2.69. The summed E-state index contributed by atoms with van der Waals surface area (Å²) in [6.45, 7) is 4.97. The number of piperazine rings is 1. The lowest BCUT2D eigenvalue weighted by Gasteiger charge is -2.44. The molecule has 1 aliphatic carbocycles. The van der Waals surface area contributed by atoms with E-state index in [1.54, 1.807) is 20.8 Å². The third kappa shape index (κ3) is 2.82. The largest absolute Gasteiger partial charge is 0.342 e. The second kappa shape index (κ2) is 5.02. The van der Waals surface area contributed by atoms with Crippen LogP contribution in [0.4, 0.5) is 0 Å². The van der Waals surface area contributed by atoms with Gasteiger partial charge < -0.3 is 10.2 Å². The number of hydrogen-bond acceptors (Lipinski definition) is 4. The van der Waals surface area contributed by atoms with Gasteiger partial charge in [-0.05, 0) is 32.6 Å². The van der Waals surface area contributed by atoms with Crippen molar-refractivity contribution in [3.05, 3.63) is 0 Å². The van der Waals surface area contributed by atoms with Crippen LogP contribution in [0, 0.1) is 5.92 Å². The molecule has 1 unspecified atom stereocenters. The van der Waals surface area contributed by atoms with Crippen LogP contribution in [0.2, 0.25) is 0 Å². The molecule has 2 rings (SSSR count). The first-order valence-corrected chi connectivity index (χ1v) is 8.84. The van der Waals surface area contributed by atoms with Crippen LogP contribution in [0.3, 0.4) is 0 Å². The minimum Gasteiger partial charge on any atom is -0.342 e. The zero-order valence-corrected chi connectivity index (χ0v) is 13.0. The third-order valence-electron chi connectivity index (χ3n) is 4.21. The number of carbonyl (C=O) groups is 2. The molecule has 2 amide bonds. The van der Waals surface area contributed by atoms with Crippen molar-refractivity contribution in [3.8, 4) is 0 Å². The van der Waals surface area contributed by atoms with E-state index in [2.05, 4.69) is 5.32 Å². The highest BCUT2D eigenvalue weighted by atomic mass is 32.2. The topological polar surface area (TPSA) is 83.6 Å². The van der Waals surface area contributed by atoms with Crippen molar-refractivity contribution in [2.45, 2.75) is 45.2 Å². The van der Waals surface area contributed by atoms with Gasteiger partial charge in [-0.25, -0.2) is 8.42 Å². The fourth-order valence-corrected chi connectivity index (χ4v) is 3.21. The van der Waals surface area contributed by atoms with Gasteiger partial charge in [0.25, 0.3) is 0 Å². The Balaban J connectivity index is 2.17. The van der Waals surface area contributed by atoms with Gasteiger partial charge in [0.15, 0.2) is 9.84 Å². The summed E-state index contributed by atoms with van der Waals surface area (Å²) in [6, 6.07) is -0.472. The van der Waals surface area contributed by atoms with Crippen molar-refractivity contribution in [2.75, 3.05) is 18.1 Å². The summed E-state index contributed by atoms with van der Waals surface area (Å²) in [5.74, 6) is -0.184. The fourth-order valence-electron chi connectivity index (χ4n) is 2.46. The second-order valence-corrected chi connectivity index (χ2v) is 8.55. The van der Waals surface area contributed by atoms with E-state index in [9.17, 15) is 18.0 Å².